The van der Waals surface area contributed by atoms with Crippen molar-refractivity contribution < 1.29 is 9.53 Å². The molecule has 0 aliphatic rings. The third-order valence-electron chi connectivity index (χ3n) is 2.29. The van der Waals surface area contributed by atoms with Crippen molar-refractivity contribution in [3.05, 3.63) is 0 Å². The first kappa shape index (κ1) is 17.7. The van der Waals surface area contributed by atoms with Gasteiger partial charge in [0.1, 0.15) is 6.54 Å². The first-order valence-electron chi connectivity index (χ1n) is 6.77. The van der Waals surface area contributed by atoms with Gasteiger partial charge in [0.25, 0.3) is 0 Å². The minimum Gasteiger partial charge on any atom is -0.380 e. The summed E-state index contributed by atoms with van der Waals surface area (Å²) in [6, 6.07) is 0. The summed E-state index contributed by atoms with van der Waals surface area (Å²) in [5.74, 6) is 1.16. The molecule has 0 unspecified atom stereocenters. The molecule has 19 heavy (non-hydrogen) atoms. The van der Waals surface area contributed by atoms with E-state index in [9.17, 15) is 4.79 Å². The number of guanidine groups is 1. The maximum absolute atomic E-state index is 11.5. The Balaban J connectivity index is 4.22. The lowest BCUT2D eigenvalue weighted by atomic mass is 10.2. The van der Waals surface area contributed by atoms with E-state index in [-0.39, 0.29) is 12.5 Å². The zero-order valence-corrected chi connectivity index (χ0v) is 12.8. The van der Waals surface area contributed by atoms with Gasteiger partial charge in [0.05, 0.1) is 6.61 Å². The lowest BCUT2D eigenvalue weighted by molar-refractivity contribution is -0.127. The number of likely N-dealkylation sites (N-methyl/N-ethyl adjacent to an activating group) is 1. The Morgan fingerprint density at radius 2 is 2.00 bits per heavy atom. The smallest absolute Gasteiger partial charge is 0.243 e. The van der Waals surface area contributed by atoms with Crippen LogP contribution in [0.5, 0.6) is 0 Å². The molecule has 0 spiro atoms. The molecule has 0 aromatic carbocycles. The SMILES string of the molecule is CCOCCNC(=NCC(=O)N(C)C)NCC(C)C. The third-order valence-corrected chi connectivity index (χ3v) is 2.29. The lowest BCUT2D eigenvalue weighted by Crippen LogP contribution is -2.41. The van der Waals surface area contributed by atoms with Gasteiger partial charge >= 0.3 is 0 Å². The highest BCUT2D eigenvalue weighted by Crippen LogP contribution is 1.88. The molecular formula is C13H28N4O2. The molecule has 0 fully saturated rings. The topological polar surface area (TPSA) is 66.0 Å². The van der Waals surface area contributed by atoms with Crippen LogP contribution in [-0.4, -0.2) is 63.7 Å². The lowest BCUT2D eigenvalue weighted by Gasteiger charge is -2.15. The van der Waals surface area contributed by atoms with E-state index < -0.39 is 0 Å². The molecule has 0 heterocycles. The molecule has 1 amide bonds. The van der Waals surface area contributed by atoms with Gasteiger partial charge in [0.15, 0.2) is 5.96 Å². The third kappa shape index (κ3) is 10.3. The van der Waals surface area contributed by atoms with Crippen molar-refractivity contribution in [1.29, 1.82) is 0 Å². The predicted octanol–water partition coefficient (Wildman–Crippen LogP) is 0.302. The van der Waals surface area contributed by atoms with Gasteiger partial charge in [0, 0.05) is 33.8 Å². The summed E-state index contributed by atoms with van der Waals surface area (Å²) < 4.78 is 5.25. The van der Waals surface area contributed by atoms with Crippen molar-refractivity contribution in [3.8, 4) is 0 Å². The van der Waals surface area contributed by atoms with E-state index in [1.165, 1.54) is 4.90 Å². The number of nitrogens with zero attached hydrogens (tertiary/aromatic N) is 2. The fraction of sp³-hybridized carbons (Fsp3) is 0.846. The van der Waals surface area contributed by atoms with E-state index in [0.717, 1.165) is 6.54 Å². The van der Waals surface area contributed by atoms with Crippen molar-refractivity contribution in [1.82, 2.24) is 15.5 Å². The molecule has 0 saturated carbocycles. The summed E-state index contributed by atoms with van der Waals surface area (Å²) in [6.07, 6.45) is 0. The van der Waals surface area contributed by atoms with Crippen LogP contribution in [0.3, 0.4) is 0 Å². The van der Waals surface area contributed by atoms with Gasteiger partial charge in [-0.15, -0.1) is 0 Å². The van der Waals surface area contributed by atoms with Crippen LogP contribution in [0.1, 0.15) is 20.8 Å². The molecule has 0 aliphatic heterocycles. The van der Waals surface area contributed by atoms with E-state index in [0.29, 0.717) is 31.6 Å². The quantitative estimate of drug-likeness (QED) is 0.379. The van der Waals surface area contributed by atoms with E-state index in [4.69, 9.17) is 4.74 Å². The summed E-state index contributed by atoms with van der Waals surface area (Å²) in [4.78, 5) is 17.3. The van der Waals surface area contributed by atoms with Crippen LogP contribution in [0, 0.1) is 5.92 Å². The normalized spacial score (nSPS) is 11.6. The summed E-state index contributed by atoms with van der Waals surface area (Å²) in [5, 5.41) is 6.35. The Morgan fingerprint density at radius 3 is 2.53 bits per heavy atom. The van der Waals surface area contributed by atoms with Gasteiger partial charge < -0.3 is 20.3 Å². The second-order valence-corrected chi connectivity index (χ2v) is 4.85. The number of ether oxygens (including phenoxy) is 1. The van der Waals surface area contributed by atoms with Crippen molar-refractivity contribution in [2.75, 3.05) is 46.9 Å². The average molecular weight is 272 g/mol. The summed E-state index contributed by atoms with van der Waals surface area (Å²) in [7, 11) is 3.45. The molecule has 0 aliphatic carbocycles. The molecule has 2 N–H and O–H groups in total. The van der Waals surface area contributed by atoms with Gasteiger partial charge in [-0.25, -0.2) is 4.99 Å². The first-order valence-corrected chi connectivity index (χ1v) is 6.77. The van der Waals surface area contributed by atoms with E-state index in [2.05, 4.69) is 29.5 Å². The van der Waals surface area contributed by atoms with Crippen LogP contribution in [0.25, 0.3) is 0 Å². The number of amides is 1. The molecule has 0 radical (unpaired) electrons. The number of hydrogen-bond acceptors (Lipinski definition) is 3. The van der Waals surface area contributed by atoms with Gasteiger partial charge in [-0.1, -0.05) is 13.8 Å². The highest BCUT2D eigenvalue weighted by Gasteiger charge is 2.04. The monoisotopic (exact) mass is 272 g/mol. The van der Waals surface area contributed by atoms with Crippen molar-refractivity contribution in [3.63, 3.8) is 0 Å². The van der Waals surface area contributed by atoms with Gasteiger partial charge in [0.2, 0.25) is 5.91 Å². The van der Waals surface area contributed by atoms with Crippen LogP contribution in [0.4, 0.5) is 0 Å². The number of carbonyl (C=O) groups is 1. The minimum atomic E-state index is -0.0181. The van der Waals surface area contributed by atoms with E-state index >= 15 is 0 Å². The maximum Gasteiger partial charge on any atom is 0.243 e. The van der Waals surface area contributed by atoms with Gasteiger partial charge in [-0.3, -0.25) is 4.79 Å². The molecule has 0 bridgehead atoms. The first-order chi connectivity index (χ1) is 8.97. The summed E-state index contributed by atoms with van der Waals surface area (Å²) in [5.41, 5.74) is 0. The molecular weight excluding hydrogens is 244 g/mol. The van der Waals surface area contributed by atoms with Crippen molar-refractivity contribution >= 4 is 11.9 Å². The molecule has 6 heteroatoms. The molecule has 0 rings (SSSR count). The Morgan fingerprint density at radius 1 is 1.32 bits per heavy atom. The number of hydrogen-bond donors (Lipinski definition) is 2. The Bertz CT molecular complexity index is 278. The van der Waals surface area contributed by atoms with Crippen LogP contribution < -0.4 is 10.6 Å². The summed E-state index contributed by atoms with van der Waals surface area (Å²) in [6.45, 7) is 9.17. The molecule has 6 nitrogen and oxygen atoms in total. The van der Waals surface area contributed by atoms with Crippen LogP contribution in [0.2, 0.25) is 0 Å². The van der Waals surface area contributed by atoms with Crippen molar-refractivity contribution in [2.24, 2.45) is 10.9 Å². The highest BCUT2D eigenvalue weighted by molar-refractivity contribution is 5.84. The molecule has 0 atom stereocenters. The fourth-order valence-corrected chi connectivity index (χ4v) is 1.15. The standard InChI is InChI=1S/C13H28N4O2/c1-6-19-8-7-14-13(15-9-11(2)3)16-10-12(18)17(4)5/h11H,6-10H2,1-5H3,(H2,14,15,16). The van der Waals surface area contributed by atoms with Crippen LogP contribution in [-0.2, 0) is 9.53 Å². The molecule has 0 aromatic rings. The number of aliphatic imine (C=N–C) groups is 1. The van der Waals surface area contributed by atoms with Gasteiger partial charge in [-0.05, 0) is 12.8 Å². The average Bonchev–Trinajstić information content (AvgIpc) is 2.35. The summed E-state index contributed by atoms with van der Waals surface area (Å²) >= 11 is 0. The molecule has 0 aromatic heterocycles. The predicted molar refractivity (Wildman–Crippen MR) is 78.3 cm³/mol. The van der Waals surface area contributed by atoms with Crippen LogP contribution in [0.15, 0.2) is 4.99 Å². The fourth-order valence-electron chi connectivity index (χ4n) is 1.15. The van der Waals surface area contributed by atoms with Crippen molar-refractivity contribution in [2.45, 2.75) is 20.8 Å². The highest BCUT2D eigenvalue weighted by atomic mass is 16.5. The van der Waals surface area contributed by atoms with Crippen LogP contribution >= 0.6 is 0 Å². The zero-order valence-electron chi connectivity index (χ0n) is 12.8. The Hall–Kier alpha value is -1.30. The van der Waals surface area contributed by atoms with Gasteiger partial charge in [-0.2, -0.15) is 0 Å². The number of nitrogens with one attached hydrogen (secondary N) is 2. The second-order valence-electron chi connectivity index (χ2n) is 4.85. The zero-order chi connectivity index (χ0) is 14.7. The largest absolute Gasteiger partial charge is 0.380 e. The maximum atomic E-state index is 11.5. The number of carbonyl (C=O) groups excluding carboxylic acids is 1. The van der Waals surface area contributed by atoms with E-state index in [1.807, 2.05) is 6.92 Å². The Kier molecular flexibility index (Phi) is 9.88. The second kappa shape index (κ2) is 10.6. The minimum absolute atomic E-state index is 0.0181. The Labute approximate surface area is 116 Å². The van der Waals surface area contributed by atoms with E-state index in [1.54, 1.807) is 14.1 Å². The number of rotatable bonds is 8. The molecule has 112 valence electrons. The molecule has 0 saturated heterocycles.